The Morgan fingerprint density at radius 2 is 1.98 bits per heavy atom. The van der Waals surface area contributed by atoms with E-state index in [1.165, 1.54) is 24.3 Å². The van der Waals surface area contributed by atoms with E-state index in [-0.39, 0.29) is 23.3 Å². The molecule has 0 saturated heterocycles. The monoisotopic (exact) mass is 656 g/mol. The molecule has 6 rings (SSSR count). The van der Waals surface area contributed by atoms with Gasteiger partial charge >= 0.3 is 5.97 Å². The number of aryl methyl sites for hydroxylation is 1. The molecule has 2 N–H and O–H groups in total. The molecule has 1 saturated carbocycles. The molecule has 1 fully saturated rings. The van der Waals surface area contributed by atoms with Crippen LogP contribution in [0.4, 0.5) is 5.69 Å². The average molecular weight is 657 g/mol. The summed E-state index contributed by atoms with van der Waals surface area (Å²) in [6.45, 7) is 4.80. The fourth-order valence-corrected chi connectivity index (χ4v) is 9.13. The first-order valence-corrected chi connectivity index (χ1v) is 17.6. The van der Waals surface area contributed by atoms with Gasteiger partial charge in [-0.15, -0.1) is 0 Å². The number of rotatable bonds is 1. The van der Waals surface area contributed by atoms with Gasteiger partial charge in [0.2, 0.25) is 10.0 Å². The zero-order valence-electron chi connectivity index (χ0n) is 25.9. The van der Waals surface area contributed by atoms with E-state index in [1.54, 1.807) is 38.1 Å². The van der Waals surface area contributed by atoms with Gasteiger partial charge in [0.05, 0.1) is 24.7 Å². The third kappa shape index (κ3) is 5.74. The number of nitrogens with one attached hydrogen (secondary N) is 1. The van der Waals surface area contributed by atoms with E-state index < -0.39 is 44.6 Å². The minimum Gasteiger partial charge on any atom is -0.490 e. The Balaban J connectivity index is 1.47. The highest BCUT2D eigenvalue weighted by atomic mass is 35.5. The summed E-state index contributed by atoms with van der Waals surface area (Å²) in [6.07, 6.45) is 7.62. The average Bonchev–Trinajstić information content (AvgIpc) is 3.14. The maximum Gasteiger partial charge on any atom is 0.342 e. The van der Waals surface area contributed by atoms with Crippen molar-refractivity contribution >= 4 is 39.2 Å². The quantitative estimate of drug-likeness (QED) is 0.332. The number of halogens is 1. The number of benzene rings is 2. The molecule has 2 aromatic carbocycles. The van der Waals surface area contributed by atoms with Gasteiger partial charge in [0.25, 0.3) is 5.91 Å². The van der Waals surface area contributed by atoms with Crippen molar-refractivity contribution in [2.45, 2.75) is 68.6 Å². The van der Waals surface area contributed by atoms with Gasteiger partial charge in [-0.25, -0.2) is 17.9 Å². The van der Waals surface area contributed by atoms with E-state index in [0.717, 1.165) is 25.7 Å². The number of carbonyl (C=O) groups is 2. The lowest BCUT2D eigenvalue weighted by molar-refractivity contribution is -0.169. The SMILES string of the molecule is COC(=O)[C@]1(O)/C=C\C[C@H](C)[C@@H](C)S(=O)(=O)NC(=O)c2ccc3c(c2)N(C[C@@H]2CC[C@H]21)C[C@@]1(CCCc2cc(Cl)ccc21)CO3. The number of hydrogen-bond donors (Lipinski definition) is 2. The third-order valence-corrected chi connectivity index (χ3v) is 12.8. The standard InChI is InChI=1S/C34H41ClN2O7S/c1-21-6-4-15-34(40,32(39)43-3)28-11-8-25(28)18-37-19-33(14-5-7-23-16-26(35)10-12-27(23)33)20-44-30-13-9-24(17-29(30)37)31(38)36-45(41,42)22(21)2/h4,9-10,12-13,15-17,21-22,25,28,40H,5-8,11,14,18-20H2,1-3H3,(H,36,38)/b15-4-/t21-,22+,25-,28+,33-,34-/m0/s1. The Labute approximate surface area is 270 Å². The van der Waals surface area contributed by atoms with Crippen molar-refractivity contribution in [1.29, 1.82) is 0 Å². The maximum atomic E-state index is 13.4. The summed E-state index contributed by atoms with van der Waals surface area (Å²) in [5.74, 6) is -1.70. The van der Waals surface area contributed by atoms with Gasteiger partial charge in [-0.3, -0.25) is 4.79 Å². The number of methoxy groups -OCH3 is 1. The number of allylic oxidation sites excluding steroid dienone is 1. The molecule has 11 heteroatoms. The molecule has 0 radical (unpaired) electrons. The fourth-order valence-electron chi connectivity index (χ4n) is 7.65. The summed E-state index contributed by atoms with van der Waals surface area (Å²) in [7, 11) is -2.77. The van der Waals surface area contributed by atoms with Crippen LogP contribution in [0, 0.1) is 17.8 Å². The third-order valence-electron chi connectivity index (χ3n) is 10.7. The van der Waals surface area contributed by atoms with Crippen LogP contribution in [0.25, 0.3) is 0 Å². The lowest BCUT2D eigenvalue weighted by Gasteiger charge is -2.48. The summed E-state index contributed by atoms with van der Waals surface area (Å²) in [6, 6.07) is 11.1. The molecule has 4 aliphatic rings. The Kier molecular flexibility index (Phi) is 8.46. The van der Waals surface area contributed by atoms with E-state index in [1.807, 2.05) is 12.1 Å². The zero-order valence-corrected chi connectivity index (χ0v) is 27.5. The van der Waals surface area contributed by atoms with Crippen LogP contribution in [0.3, 0.4) is 0 Å². The van der Waals surface area contributed by atoms with Gasteiger partial charge in [0.1, 0.15) is 5.75 Å². The number of esters is 1. The number of sulfonamides is 1. The van der Waals surface area contributed by atoms with Crippen molar-refractivity contribution in [3.05, 3.63) is 70.3 Å². The van der Waals surface area contributed by atoms with Gasteiger partial charge in [-0.05, 0) is 105 Å². The largest absolute Gasteiger partial charge is 0.490 e. The second-order valence-electron chi connectivity index (χ2n) is 13.3. The number of anilines is 1. The van der Waals surface area contributed by atoms with Crippen molar-refractivity contribution in [2.24, 2.45) is 17.8 Å². The molecule has 2 heterocycles. The van der Waals surface area contributed by atoms with E-state index >= 15 is 0 Å². The van der Waals surface area contributed by atoms with E-state index in [9.17, 15) is 23.1 Å². The Hall–Kier alpha value is -3.08. The predicted octanol–water partition coefficient (Wildman–Crippen LogP) is 4.79. The summed E-state index contributed by atoms with van der Waals surface area (Å²) >= 11 is 6.39. The van der Waals surface area contributed by atoms with Crippen molar-refractivity contribution in [3.8, 4) is 5.75 Å². The summed E-state index contributed by atoms with van der Waals surface area (Å²) in [5, 5.41) is 11.6. The highest BCUT2D eigenvalue weighted by molar-refractivity contribution is 7.90. The molecule has 45 heavy (non-hydrogen) atoms. The number of aliphatic hydroxyl groups is 1. The van der Waals surface area contributed by atoms with E-state index in [2.05, 4.69) is 15.7 Å². The normalized spacial score (nSPS) is 33.4. The van der Waals surface area contributed by atoms with Crippen molar-refractivity contribution in [2.75, 3.05) is 31.7 Å². The number of ether oxygens (including phenoxy) is 2. The molecular formula is C34H41ClN2O7S. The summed E-state index contributed by atoms with van der Waals surface area (Å²) in [5.41, 5.74) is 1.04. The first-order chi connectivity index (χ1) is 21.4. The number of nitrogens with zero attached hydrogens (tertiary/aromatic N) is 1. The molecule has 1 amide bonds. The Morgan fingerprint density at radius 3 is 2.71 bits per heavy atom. The van der Waals surface area contributed by atoms with Gasteiger partial charge in [0.15, 0.2) is 5.60 Å². The van der Waals surface area contributed by atoms with Crippen molar-refractivity contribution < 1.29 is 32.6 Å². The molecule has 0 aromatic heterocycles. The Bertz CT molecular complexity index is 1640. The number of fused-ring (bicyclic) bond motifs is 4. The van der Waals surface area contributed by atoms with E-state index in [0.29, 0.717) is 42.6 Å². The van der Waals surface area contributed by atoms with Crippen LogP contribution in [0.1, 0.15) is 67.4 Å². The predicted molar refractivity (Wildman–Crippen MR) is 172 cm³/mol. The molecule has 2 aliphatic heterocycles. The van der Waals surface area contributed by atoms with Crippen LogP contribution >= 0.6 is 11.6 Å². The number of carbonyl (C=O) groups excluding carboxylic acids is 2. The van der Waals surface area contributed by atoms with Gasteiger partial charge in [-0.1, -0.05) is 30.7 Å². The lowest BCUT2D eigenvalue weighted by Crippen LogP contribution is -2.55. The smallest absolute Gasteiger partial charge is 0.342 e. The summed E-state index contributed by atoms with van der Waals surface area (Å²) in [4.78, 5) is 28.7. The second-order valence-corrected chi connectivity index (χ2v) is 15.8. The second kappa shape index (κ2) is 11.9. The van der Waals surface area contributed by atoms with Crippen LogP contribution < -0.4 is 14.4 Å². The minimum atomic E-state index is -4.04. The van der Waals surface area contributed by atoms with Crippen LogP contribution in [0.15, 0.2) is 48.6 Å². The first kappa shape index (κ1) is 31.9. The highest BCUT2D eigenvalue weighted by Gasteiger charge is 2.52. The molecule has 2 aromatic rings. The Morgan fingerprint density at radius 1 is 1.18 bits per heavy atom. The fraction of sp³-hybridized carbons (Fsp3) is 0.529. The van der Waals surface area contributed by atoms with Crippen LogP contribution in [0.2, 0.25) is 5.02 Å². The molecule has 242 valence electrons. The maximum absolute atomic E-state index is 13.4. The highest BCUT2D eigenvalue weighted by Crippen LogP contribution is 2.48. The number of hydrogen-bond acceptors (Lipinski definition) is 8. The molecular weight excluding hydrogens is 616 g/mol. The molecule has 2 aliphatic carbocycles. The zero-order chi connectivity index (χ0) is 32.1. The topological polar surface area (TPSA) is 122 Å². The number of amides is 1. The van der Waals surface area contributed by atoms with Crippen molar-refractivity contribution in [3.63, 3.8) is 0 Å². The molecule has 1 spiro atoms. The van der Waals surface area contributed by atoms with E-state index in [4.69, 9.17) is 21.1 Å². The van der Waals surface area contributed by atoms with Gasteiger partial charge in [0, 0.05) is 35.0 Å². The molecule has 9 nitrogen and oxygen atoms in total. The van der Waals surface area contributed by atoms with Crippen LogP contribution in [-0.4, -0.2) is 63.1 Å². The molecule has 2 bridgehead atoms. The van der Waals surface area contributed by atoms with Gasteiger partial charge < -0.3 is 19.5 Å². The lowest BCUT2D eigenvalue weighted by atomic mass is 9.64. The van der Waals surface area contributed by atoms with Crippen LogP contribution in [0.5, 0.6) is 5.75 Å². The molecule has 0 unspecified atom stereocenters. The minimum absolute atomic E-state index is 0.0582. The summed E-state index contributed by atoms with van der Waals surface area (Å²) < 4.78 is 40.4. The molecule has 6 atom stereocenters. The first-order valence-electron chi connectivity index (χ1n) is 15.7. The van der Waals surface area contributed by atoms with Crippen LogP contribution in [-0.2, 0) is 31.4 Å². The van der Waals surface area contributed by atoms with Gasteiger partial charge in [-0.2, -0.15) is 0 Å². The van der Waals surface area contributed by atoms with Crippen molar-refractivity contribution in [1.82, 2.24) is 4.72 Å².